The molecule has 0 unspecified atom stereocenters. The molecule has 0 saturated carbocycles. The van der Waals surface area contributed by atoms with Gasteiger partial charge in [0.25, 0.3) is 5.91 Å². The Morgan fingerprint density at radius 1 is 1.10 bits per heavy atom. The molecule has 0 aliphatic heterocycles. The van der Waals surface area contributed by atoms with Crippen molar-refractivity contribution < 1.29 is 14.1 Å². The first-order valence-corrected chi connectivity index (χ1v) is 9.75. The second-order valence-corrected chi connectivity index (χ2v) is 7.52. The lowest BCUT2D eigenvalue weighted by Gasteiger charge is -2.22. The van der Waals surface area contributed by atoms with Crippen LogP contribution in [0.4, 0.5) is 0 Å². The van der Waals surface area contributed by atoms with E-state index < -0.39 is 6.10 Å². The third kappa shape index (κ3) is 5.02. The molecule has 0 fully saturated rings. The van der Waals surface area contributed by atoms with Gasteiger partial charge in [-0.3, -0.25) is 4.79 Å². The van der Waals surface area contributed by atoms with Crippen LogP contribution in [-0.4, -0.2) is 34.1 Å². The molecule has 0 N–H and O–H groups in total. The van der Waals surface area contributed by atoms with E-state index in [0.717, 1.165) is 22.4 Å². The Bertz CT molecular complexity index is 964. The number of hydrogen-bond acceptors (Lipinski definition) is 5. The summed E-state index contributed by atoms with van der Waals surface area (Å²) in [5.41, 5.74) is 3.12. The molecule has 0 aliphatic carbocycles. The summed E-state index contributed by atoms with van der Waals surface area (Å²) in [5.74, 6) is 1.78. The van der Waals surface area contributed by atoms with E-state index in [-0.39, 0.29) is 12.5 Å². The van der Waals surface area contributed by atoms with Gasteiger partial charge in [-0.2, -0.15) is 4.98 Å². The highest BCUT2D eigenvalue weighted by Gasteiger charge is 2.22. The van der Waals surface area contributed by atoms with Gasteiger partial charge in [-0.05, 0) is 31.4 Å². The maximum atomic E-state index is 12.8. The second-order valence-electron chi connectivity index (χ2n) is 7.52. The van der Waals surface area contributed by atoms with Crippen molar-refractivity contribution in [3.05, 3.63) is 65.5 Å². The molecular weight excluding hydrogens is 366 g/mol. The molecule has 3 aromatic rings. The minimum Gasteiger partial charge on any atom is -0.481 e. The highest BCUT2D eigenvalue weighted by Crippen LogP contribution is 2.27. The first-order valence-electron chi connectivity index (χ1n) is 9.75. The van der Waals surface area contributed by atoms with Crippen LogP contribution in [0.1, 0.15) is 43.7 Å². The summed E-state index contributed by atoms with van der Waals surface area (Å²) in [6, 6.07) is 15.7. The number of nitrogens with zero attached hydrogens (tertiary/aromatic N) is 3. The van der Waals surface area contributed by atoms with Crippen LogP contribution >= 0.6 is 0 Å². The van der Waals surface area contributed by atoms with Gasteiger partial charge in [0.2, 0.25) is 11.7 Å². The molecule has 152 valence electrons. The number of carbonyl (C=O) groups excluding carboxylic acids is 1. The molecule has 0 bridgehead atoms. The lowest BCUT2D eigenvalue weighted by Crippen LogP contribution is -2.37. The smallest absolute Gasteiger partial charge is 0.263 e. The molecule has 6 nitrogen and oxygen atoms in total. The van der Waals surface area contributed by atoms with Gasteiger partial charge in [0, 0.05) is 12.6 Å². The number of rotatable bonds is 7. The van der Waals surface area contributed by atoms with E-state index in [2.05, 4.69) is 24.0 Å². The Labute approximate surface area is 171 Å². The highest BCUT2D eigenvalue weighted by atomic mass is 16.5. The van der Waals surface area contributed by atoms with Crippen LogP contribution in [0.15, 0.2) is 53.1 Å². The van der Waals surface area contributed by atoms with Gasteiger partial charge in [0.05, 0.1) is 6.54 Å². The summed E-state index contributed by atoms with van der Waals surface area (Å²) in [4.78, 5) is 18.7. The normalized spacial score (nSPS) is 12.1. The number of hydrogen-bond donors (Lipinski definition) is 0. The highest BCUT2D eigenvalue weighted by molar-refractivity contribution is 5.80. The number of amides is 1. The molecule has 0 spiro atoms. The topological polar surface area (TPSA) is 68.5 Å². The molecule has 1 atom stereocenters. The van der Waals surface area contributed by atoms with Crippen molar-refractivity contribution in [2.75, 3.05) is 7.05 Å². The maximum absolute atomic E-state index is 12.8. The Hall–Kier alpha value is -3.15. The predicted molar refractivity (Wildman–Crippen MR) is 112 cm³/mol. The Morgan fingerprint density at radius 3 is 2.48 bits per heavy atom. The summed E-state index contributed by atoms with van der Waals surface area (Å²) in [5, 5.41) is 4.02. The third-order valence-electron chi connectivity index (χ3n) is 4.72. The molecule has 1 heterocycles. The molecule has 6 heteroatoms. The van der Waals surface area contributed by atoms with Gasteiger partial charge in [0.15, 0.2) is 6.10 Å². The van der Waals surface area contributed by atoms with Crippen LogP contribution in [0, 0.1) is 6.92 Å². The fourth-order valence-corrected chi connectivity index (χ4v) is 3.04. The number of para-hydroxylation sites is 1. The largest absolute Gasteiger partial charge is 0.481 e. The van der Waals surface area contributed by atoms with Crippen LogP contribution in [0.3, 0.4) is 0 Å². The van der Waals surface area contributed by atoms with Gasteiger partial charge >= 0.3 is 0 Å². The summed E-state index contributed by atoms with van der Waals surface area (Å²) < 4.78 is 11.3. The molecule has 0 aliphatic rings. The SMILES string of the molecule is Cc1ccc(-c2noc(CN(C)C(=O)[C@@H](C)Oc3ccccc3C(C)C)n2)cc1. The van der Waals surface area contributed by atoms with Crippen LogP contribution in [0.2, 0.25) is 0 Å². The Morgan fingerprint density at radius 2 is 1.79 bits per heavy atom. The molecule has 3 rings (SSSR count). The third-order valence-corrected chi connectivity index (χ3v) is 4.72. The van der Waals surface area contributed by atoms with E-state index in [1.54, 1.807) is 14.0 Å². The average Bonchev–Trinajstić information content (AvgIpc) is 3.16. The minimum atomic E-state index is -0.626. The lowest BCUT2D eigenvalue weighted by molar-refractivity contribution is -0.137. The number of likely N-dealkylation sites (N-methyl/N-ethyl adjacent to an activating group) is 1. The van der Waals surface area contributed by atoms with Crippen LogP contribution in [-0.2, 0) is 11.3 Å². The van der Waals surface area contributed by atoms with E-state index in [1.165, 1.54) is 4.90 Å². The van der Waals surface area contributed by atoms with Crippen molar-refractivity contribution in [2.24, 2.45) is 0 Å². The first-order chi connectivity index (χ1) is 13.8. The van der Waals surface area contributed by atoms with Crippen LogP contribution in [0.5, 0.6) is 5.75 Å². The summed E-state index contributed by atoms with van der Waals surface area (Å²) in [6.45, 7) is 8.19. The summed E-state index contributed by atoms with van der Waals surface area (Å²) >= 11 is 0. The zero-order valence-electron chi connectivity index (χ0n) is 17.5. The van der Waals surface area contributed by atoms with Crippen molar-refractivity contribution in [2.45, 2.75) is 46.3 Å². The zero-order valence-corrected chi connectivity index (χ0v) is 17.5. The predicted octanol–water partition coefficient (Wildman–Crippen LogP) is 4.59. The van der Waals surface area contributed by atoms with Gasteiger partial charge in [0.1, 0.15) is 5.75 Å². The summed E-state index contributed by atoms with van der Waals surface area (Å²) in [6.07, 6.45) is -0.626. The minimum absolute atomic E-state index is 0.154. The quantitative estimate of drug-likeness (QED) is 0.587. The van der Waals surface area contributed by atoms with Crippen molar-refractivity contribution >= 4 is 5.91 Å². The number of aromatic nitrogens is 2. The first kappa shape index (κ1) is 20.6. The maximum Gasteiger partial charge on any atom is 0.263 e. The van der Waals surface area contributed by atoms with Crippen LogP contribution < -0.4 is 4.74 Å². The molecular formula is C23H27N3O3. The van der Waals surface area contributed by atoms with Gasteiger partial charge in [-0.25, -0.2) is 0 Å². The molecule has 29 heavy (non-hydrogen) atoms. The van der Waals surface area contributed by atoms with Gasteiger partial charge < -0.3 is 14.2 Å². The van der Waals surface area contributed by atoms with E-state index in [1.807, 2.05) is 55.5 Å². The molecule has 1 amide bonds. The van der Waals surface area contributed by atoms with Crippen molar-refractivity contribution in [1.29, 1.82) is 0 Å². The summed E-state index contributed by atoms with van der Waals surface area (Å²) in [7, 11) is 1.70. The van der Waals surface area contributed by atoms with Crippen LogP contribution in [0.25, 0.3) is 11.4 Å². The van der Waals surface area contributed by atoms with E-state index in [9.17, 15) is 4.79 Å². The lowest BCUT2D eigenvalue weighted by atomic mass is 10.0. The van der Waals surface area contributed by atoms with E-state index in [0.29, 0.717) is 17.6 Å². The van der Waals surface area contributed by atoms with Gasteiger partial charge in [-0.1, -0.05) is 67.0 Å². The number of aryl methyl sites for hydroxylation is 1. The number of carbonyl (C=O) groups is 1. The number of ether oxygens (including phenoxy) is 1. The number of benzene rings is 2. The molecule has 2 aromatic carbocycles. The molecule has 0 radical (unpaired) electrons. The Kier molecular flexibility index (Phi) is 6.32. The van der Waals surface area contributed by atoms with Gasteiger partial charge in [-0.15, -0.1) is 0 Å². The standard InChI is InChI=1S/C23H27N3O3/c1-15(2)19-8-6-7-9-20(19)28-17(4)23(27)26(5)14-21-24-22(25-29-21)18-12-10-16(3)11-13-18/h6-13,15,17H,14H2,1-5H3/t17-/m1/s1. The van der Waals surface area contributed by atoms with Crippen molar-refractivity contribution in [1.82, 2.24) is 15.0 Å². The average molecular weight is 393 g/mol. The van der Waals surface area contributed by atoms with E-state index >= 15 is 0 Å². The zero-order chi connectivity index (χ0) is 21.0. The second kappa shape index (κ2) is 8.90. The molecule has 1 aromatic heterocycles. The fourth-order valence-electron chi connectivity index (χ4n) is 3.04. The molecule has 0 saturated heterocycles. The van der Waals surface area contributed by atoms with Crippen molar-refractivity contribution in [3.8, 4) is 17.1 Å². The monoisotopic (exact) mass is 393 g/mol. The Balaban J connectivity index is 1.64. The van der Waals surface area contributed by atoms with E-state index in [4.69, 9.17) is 9.26 Å². The van der Waals surface area contributed by atoms with Crippen molar-refractivity contribution in [3.63, 3.8) is 0 Å². The fraction of sp³-hybridized carbons (Fsp3) is 0.348.